The fraction of sp³-hybridized carbons (Fsp3) is 0.500. The number of hydrazone groups is 1. The van der Waals surface area contributed by atoms with Gasteiger partial charge in [-0.05, 0) is 32.0 Å². The van der Waals surface area contributed by atoms with Gasteiger partial charge in [0.05, 0.1) is 17.6 Å². The summed E-state index contributed by atoms with van der Waals surface area (Å²) in [6.45, 7) is 4.55. The highest BCUT2D eigenvalue weighted by Gasteiger charge is 2.63. The Balaban J connectivity index is 2.00. The van der Waals surface area contributed by atoms with E-state index in [0.717, 1.165) is 11.3 Å². The summed E-state index contributed by atoms with van der Waals surface area (Å²) in [6.07, 6.45) is -5.79. The molecule has 0 saturated carbocycles. The van der Waals surface area contributed by atoms with Crippen molar-refractivity contribution in [3.8, 4) is 0 Å². The molecule has 2 heterocycles. The molecule has 0 spiro atoms. The van der Waals surface area contributed by atoms with Gasteiger partial charge >= 0.3 is 6.18 Å². The Morgan fingerprint density at radius 3 is 2.71 bits per heavy atom. The largest absolute Gasteiger partial charge is 0.438 e. The molecule has 1 aliphatic heterocycles. The molecular formula is C18H21F3N4O3. The number of imidazole rings is 1. The lowest BCUT2D eigenvalue weighted by Gasteiger charge is -2.32. The smallest absolute Gasteiger partial charge is 0.384 e. The minimum absolute atomic E-state index is 0.0346. The number of nitrogens with zero attached hydrogens (tertiary/aromatic N) is 4. The average molecular weight is 398 g/mol. The van der Waals surface area contributed by atoms with Crippen LogP contribution in [0, 0.1) is 6.92 Å². The van der Waals surface area contributed by atoms with Crippen molar-refractivity contribution in [3.05, 3.63) is 29.6 Å². The van der Waals surface area contributed by atoms with Crippen LogP contribution < -0.4 is 0 Å². The maximum Gasteiger partial charge on any atom is 0.438 e. The first-order chi connectivity index (χ1) is 13.1. The number of methoxy groups -OCH3 is 1. The monoisotopic (exact) mass is 398 g/mol. The van der Waals surface area contributed by atoms with Crippen molar-refractivity contribution in [2.45, 2.75) is 45.1 Å². The molecule has 1 aromatic carbocycles. The molecule has 0 saturated heterocycles. The van der Waals surface area contributed by atoms with E-state index in [9.17, 15) is 23.1 Å². The van der Waals surface area contributed by atoms with Crippen molar-refractivity contribution < 1.29 is 27.8 Å². The second-order valence-corrected chi connectivity index (χ2v) is 6.62. The van der Waals surface area contributed by atoms with E-state index in [4.69, 9.17) is 4.74 Å². The number of fused-ring (bicyclic) bond motifs is 1. The van der Waals surface area contributed by atoms with Crippen LogP contribution in [0.1, 0.15) is 35.9 Å². The van der Waals surface area contributed by atoms with Gasteiger partial charge in [-0.1, -0.05) is 0 Å². The number of amides is 1. The maximum atomic E-state index is 13.6. The zero-order valence-corrected chi connectivity index (χ0v) is 15.7. The fourth-order valence-corrected chi connectivity index (χ4v) is 3.32. The van der Waals surface area contributed by atoms with Crippen LogP contribution in [0.4, 0.5) is 13.2 Å². The number of benzene rings is 1. The summed E-state index contributed by atoms with van der Waals surface area (Å²) in [5.74, 6) is -0.312. The van der Waals surface area contributed by atoms with Crippen molar-refractivity contribution in [1.82, 2.24) is 14.6 Å². The van der Waals surface area contributed by atoms with Crippen LogP contribution in [0.3, 0.4) is 0 Å². The summed E-state index contributed by atoms with van der Waals surface area (Å²) in [5, 5.41) is 14.2. The predicted molar refractivity (Wildman–Crippen MR) is 95.9 cm³/mol. The molecule has 0 fully saturated rings. The number of rotatable bonds is 5. The predicted octanol–water partition coefficient (Wildman–Crippen LogP) is 2.85. The number of hydrogen-bond acceptors (Lipinski definition) is 5. The quantitative estimate of drug-likeness (QED) is 0.840. The third kappa shape index (κ3) is 3.26. The number of alkyl halides is 3. The number of carbonyl (C=O) groups excluding carboxylic acids is 1. The molecule has 2 aromatic rings. The van der Waals surface area contributed by atoms with Crippen molar-refractivity contribution in [1.29, 1.82) is 0 Å². The summed E-state index contributed by atoms with van der Waals surface area (Å²) >= 11 is 0. The number of halogens is 3. The minimum atomic E-state index is -5.06. The second-order valence-electron chi connectivity index (χ2n) is 6.62. The zero-order valence-electron chi connectivity index (χ0n) is 15.7. The lowest BCUT2D eigenvalue weighted by atomic mass is 10.0. The Bertz CT molecular complexity index is 938. The van der Waals surface area contributed by atoms with Gasteiger partial charge < -0.3 is 14.4 Å². The van der Waals surface area contributed by atoms with Gasteiger partial charge in [-0.15, -0.1) is 0 Å². The van der Waals surface area contributed by atoms with Crippen LogP contribution in [-0.2, 0) is 11.3 Å². The first kappa shape index (κ1) is 20.3. The summed E-state index contributed by atoms with van der Waals surface area (Å²) in [4.78, 5) is 17.2. The average Bonchev–Trinajstić information content (AvgIpc) is 3.14. The first-order valence-corrected chi connectivity index (χ1v) is 8.78. The molecule has 10 heteroatoms. The number of hydrogen-bond donors (Lipinski definition) is 1. The standard InChI is InChI=1S/C18H21F3N4O3/c1-4-24-11(2)22-14-9-12(5-6-15(14)24)16(26)25-17(27,18(19,20)21)10-13(23-25)7-8-28-3/h5-6,9,27H,4,7-8,10H2,1-3H3/t17-/m0/s1. The molecule has 0 radical (unpaired) electrons. The molecule has 7 nitrogen and oxygen atoms in total. The highest BCUT2D eigenvalue weighted by molar-refractivity contribution is 6.00. The third-order valence-electron chi connectivity index (χ3n) is 4.79. The van der Waals surface area contributed by atoms with Gasteiger partial charge in [0.1, 0.15) is 5.82 Å². The van der Waals surface area contributed by atoms with Crippen LogP contribution in [0.25, 0.3) is 11.0 Å². The minimum Gasteiger partial charge on any atom is -0.384 e. The normalized spacial score (nSPS) is 20.1. The van der Waals surface area contributed by atoms with Gasteiger partial charge in [-0.2, -0.15) is 23.3 Å². The topological polar surface area (TPSA) is 80.0 Å². The molecule has 0 aliphatic carbocycles. The number of ether oxygens (including phenoxy) is 1. The van der Waals surface area contributed by atoms with Gasteiger partial charge in [0.25, 0.3) is 11.6 Å². The van der Waals surface area contributed by atoms with E-state index >= 15 is 0 Å². The molecule has 1 aromatic heterocycles. The molecule has 1 amide bonds. The van der Waals surface area contributed by atoms with Crippen molar-refractivity contribution >= 4 is 22.7 Å². The third-order valence-corrected chi connectivity index (χ3v) is 4.79. The van der Waals surface area contributed by atoms with E-state index in [1.54, 1.807) is 13.0 Å². The van der Waals surface area contributed by atoms with E-state index in [2.05, 4.69) is 10.1 Å². The van der Waals surface area contributed by atoms with Crippen molar-refractivity contribution in [2.24, 2.45) is 5.10 Å². The highest BCUT2D eigenvalue weighted by Crippen LogP contribution is 2.41. The molecule has 1 N–H and O–H groups in total. The Hall–Kier alpha value is -2.46. The van der Waals surface area contributed by atoms with Crippen LogP contribution in [0.2, 0.25) is 0 Å². The van der Waals surface area contributed by atoms with Crippen molar-refractivity contribution in [2.75, 3.05) is 13.7 Å². The lowest BCUT2D eigenvalue weighted by Crippen LogP contribution is -2.56. The summed E-state index contributed by atoms with van der Waals surface area (Å²) in [6, 6.07) is 4.46. The summed E-state index contributed by atoms with van der Waals surface area (Å²) < 4.78 is 47.4. The Morgan fingerprint density at radius 1 is 1.39 bits per heavy atom. The number of aromatic nitrogens is 2. The maximum absolute atomic E-state index is 13.6. The Morgan fingerprint density at radius 2 is 2.11 bits per heavy atom. The van der Waals surface area contributed by atoms with E-state index in [0.29, 0.717) is 12.1 Å². The molecule has 1 atom stereocenters. The number of carbonyl (C=O) groups is 1. The summed E-state index contributed by atoms with van der Waals surface area (Å²) in [5.41, 5.74) is -2.12. The molecule has 1 aliphatic rings. The Kier molecular flexibility index (Phi) is 5.20. The van der Waals surface area contributed by atoms with E-state index < -0.39 is 24.2 Å². The fourth-order valence-electron chi connectivity index (χ4n) is 3.32. The van der Waals surface area contributed by atoms with Gasteiger partial charge in [-0.3, -0.25) is 4.79 Å². The van der Waals surface area contributed by atoms with Crippen LogP contribution in [0.15, 0.2) is 23.3 Å². The lowest BCUT2D eigenvalue weighted by molar-refractivity contribution is -0.297. The van der Waals surface area contributed by atoms with Crippen LogP contribution in [0.5, 0.6) is 0 Å². The molecule has 0 bridgehead atoms. The highest BCUT2D eigenvalue weighted by atomic mass is 19.4. The molecule has 0 unspecified atom stereocenters. The van der Waals surface area contributed by atoms with E-state index in [1.807, 2.05) is 11.5 Å². The second kappa shape index (κ2) is 7.17. The van der Waals surface area contributed by atoms with Crippen molar-refractivity contribution in [3.63, 3.8) is 0 Å². The van der Waals surface area contributed by atoms with Crippen LogP contribution >= 0.6 is 0 Å². The SMILES string of the molecule is CCn1c(C)nc2cc(C(=O)N3N=C(CCOC)C[C@]3(O)C(F)(F)F)ccc21. The molecule has 152 valence electrons. The molecule has 28 heavy (non-hydrogen) atoms. The Labute approximate surface area is 159 Å². The van der Waals surface area contributed by atoms with Gasteiger partial charge in [0, 0.05) is 37.8 Å². The van der Waals surface area contributed by atoms with Gasteiger partial charge in [-0.25, -0.2) is 4.98 Å². The number of aliphatic hydroxyl groups is 1. The number of aryl methyl sites for hydroxylation is 2. The zero-order chi connectivity index (χ0) is 20.7. The molecule has 3 rings (SSSR count). The molecular weight excluding hydrogens is 377 g/mol. The van der Waals surface area contributed by atoms with E-state index in [-0.39, 0.29) is 29.3 Å². The van der Waals surface area contributed by atoms with Gasteiger partial charge in [0.2, 0.25) is 0 Å². The first-order valence-electron chi connectivity index (χ1n) is 8.78. The van der Waals surface area contributed by atoms with Crippen LogP contribution in [-0.4, -0.2) is 56.9 Å². The van der Waals surface area contributed by atoms with Gasteiger partial charge in [0.15, 0.2) is 0 Å². The van der Waals surface area contributed by atoms with E-state index in [1.165, 1.54) is 19.2 Å². The summed E-state index contributed by atoms with van der Waals surface area (Å²) in [7, 11) is 1.40.